The maximum atomic E-state index is 11.0. The van der Waals surface area contributed by atoms with Crippen molar-refractivity contribution in [3.8, 4) is 0 Å². The molecule has 92 valence electrons. The molecule has 0 aromatic heterocycles. The number of carboxylic acid groups (broad SMARTS) is 1. The second kappa shape index (κ2) is 4.49. The zero-order valence-electron chi connectivity index (χ0n) is 10.4. The van der Waals surface area contributed by atoms with E-state index in [0.717, 1.165) is 25.1 Å². The highest BCUT2D eigenvalue weighted by Gasteiger charge is 2.35. The van der Waals surface area contributed by atoms with Crippen LogP contribution in [0.25, 0.3) is 0 Å². The summed E-state index contributed by atoms with van der Waals surface area (Å²) in [5.41, 5.74) is 1.61. The third-order valence-corrected chi connectivity index (χ3v) is 4.13. The van der Waals surface area contributed by atoms with Gasteiger partial charge in [-0.3, -0.25) is 0 Å². The summed E-state index contributed by atoms with van der Waals surface area (Å²) in [5.74, 6) is -0.336. The van der Waals surface area contributed by atoms with Crippen LogP contribution in [0.4, 0.5) is 0 Å². The van der Waals surface area contributed by atoms with E-state index in [0.29, 0.717) is 11.5 Å². The lowest BCUT2D eigenvalue weighted by molar-refractivity contribution is 0.0696. The summed E-state index contributed by atoms with van der Waals surface area (Å²) < 4.78 is 0. The molecule has 17 heavy (non-hydrogen) atoms. The molecule has 1 heterocycles. The van der Waals surface area contributed by atoms with Crippen LogP contribution < -0.4 is 5.32 Å². The van der Waals surface area contributed by atoms with Gasteiger partial charge in [0.25, 0.3) is 0 Å². The Kier molecular flexibility index (Phi) is 3.20. The second-order valence-corrected chi connectivity index (χ2v) is 5.16. The van der Waals surface area contributed by atoms with Crippen molar-refractivity contribution < 1.29 is 9.90 Å². The van der Waals surface area contributed by atoms with Gasteiger partial charge in [0, 0.05) is 0 Å². The number of hydrogen-bond acceptors (Lipinski definition) is 2. The first-order valence-electron chi connectivity index (χ1n) is 6.08. The lowest BCUT2D eigenvalue weighted by Crippen LogP contribution is -2.44. The van der Waals surface area contributed by atoms with Crippen LogP contribution in [0, 0.1) is 5.92 Å². The minimum atomic E-state index is -0.850. The van der Waals surface area contributed by atoms with E-state index in [1.165, 1.54) is 0 Å². The molecule has 3 heteroatoms. The highest BCUT2D eigenvalue weighted by molar-refractivity contribution is 5.87. The van der Waals surface area contributed by atoms with Gasteiger partial charge in [0.15, 0.2) is 0 Å². The Morgan fingerprint density at radius 1 is 1.53 bits per heavy atom. The van der Waals surface area contributed by atoms with Gasteiger partial charge in [0.2, 0.25) is 0 Å². The van der Waals surface area contributed by atoms with Crippen LogP contribution in [0.1, 0.15) is 36.2 Å². The molecule has 0 spiro atoms. The summed E-state index contributed by atoms with van der Waals surface area (Å²) in [4.78, 5) is 11.0. The number of benzene rings is 1. The zero-order chi connectivity index (χ0) is 12.5. The summed E-state index contributed by atoms with van der Waals surface area (Å²) in [5, 5.41) is 12.4. The van der Waals surface area contributed by atoms with Crippen molar-refractivity contribution in [3.63, 3.8) is 0 Å². The van der Waals surface area contributed by atoms with Gasteiger partial charge in [-0.15, -0.1) is 0 Å². The van der Waals surface area contributed by atoms with E-state index >= 15 is 0 Å². The predicted octanol–water partition coefficient (Wildman–Crippen LogP) is 2.27. The average Bonchev–Trinajstić information content (AvgIpc) is 2.33. The van der Waals surface area contributed by atoms with E-state index < -0.39 is 5.97 Å². The summed E-state index contributed by atoms with van der Waals surface area (Å²) >= 11 is 0. The van der Waals surface area contributed by atoms with Gasteiger partial charge in [-0.2, -0.15) is 0 Å². The quantitative estimate of drug-likeness (QED) is 0.824. The molecule has 0 bridgehead atoms. The fraction of sp³-hybridized carbons (Fsp3) is 0.500. The highest BCUT2D eigenvalue weighted by Crippen LogP contribution is 2.37. The molecular formula is C14H19NO2. The van der Waals surface area contributed by atoms with Gasteiger partial charge in [-0.1, -0.05) is 26.0 Å². The van der Waals surface area contributed by atoms with E-state index in [2.05, 4.69) is 19.2 Å². The van der Waals surface area contributed by atoms with Crippen LogP contribution in [0.3, 0.4) is 0 Å². The molecule has 0 aliphatic carbocycles. The van der Waals surface area contributed by atoms with E-state index in [4.69, 9.17) is 5.11 Å². The molecule has 1 aromatic carbocycles. The summed E-state index contributed by atoms with van der Waals surface area (Å²) in [6, 6.07) is 7.37. The topological polar surface area (TPSA) is 49.3 Å². The molecule has 0 saturated carbocycles. The van der Waals surface area contributed by atoms with Gasteiger partial charge >= 0.3 is 5.97 Å². The van der Waals surface area contributed by atoms with E-state index in [-0.39, 0.29) is 5.41 Å². The Bertz CT molecular complexity index is 430. The Morgan fingerprint density at radius 3 is 2.94 bits per heavy atom. The number of carboxylic acids is 1. The molecule has 1 saturated heterocycles. The number of aromatic carboxylic acids is 1. The Labute approximate surface area is 102 Å². The minimum Gasteiger partial charge on any atom is -0.478 e. The van der Waals surface area contributed by atoms with Crippen molar-refractivity contribution in [3.05, 3.63) is 35.4 Å². The van der Waals surface area contributed by atoms with Crippen molar-refractivity contribution in [1.29, 1.82) is 0 Å². The highest BCUT2D eigenvalue weighted by atomic mass is 16.4. The summed E-state index contributed by atoms with van der Waals surface area (Å²) in [6.45, 7) is 6.45. The molecule has 2 rings (SSSR count). The van der Waals surface area contributed by atoms with Gasteiger partial charge in [0.05, 0.1) is 5.56 Å². The lowest BCUT2D eigenvalue weighted by atomic mass is 9.68. The van der Waals surface area contributed by atoms with Crippen molar-refractivity contribution in [2.75, 3.05) is 13.1 Å². The monoisotopic (exact) mass is 233 g/mol. The Balaban J connectivity index is 2.38. The lowest BCUT2D eigenvalue weighted by Gasteiger charge is -2.40. The number of piperidine rings is 1. The fourth-order valence-electron chi connectivity index (χ4n) is 2.57. The van der Waals surface area contributed by atoms with Gasteiger partial charge in [0.1, 0.15) is 0 Å². The SMILES string of the molecule is CC1CNCC[C@@]1(C)c1cccc(C(=O)O)c1. The molecule has 3 nitrogen and oxygen atoms in total. The van der Waals surface area contributed by atoms with Crippen molar-refractivity contribution >= 4 is 5.97 Å². The van der Waals surface area contributed by atoms with Crippen LogP contribution in [0.15, 0.2) is 24.3 Å². The zero-order valence-corrected chi connectivity index (χ0v) is 10.4. The molecule has 2 atom stereocenters. The molecular weight excluding hydrogens is 214 g/mol. The Morgan fingerprint density at radius 2 is 2.29 bits per heavy atom. The summed E-state index contributed by atoms with van der Waals surface area (Å²) in [6.07, 6.45) is 1.05. The first-order chi connectivity index (χ1) is 8.04. The van der Waals surface area contributed by atoms with Crippen molar-refractivity contribution in [2.45, 2.75) is 25.7 Å². The largest absolute Gasteiger partial charge is 0.478 e. The molecule has 0 radical (unpaired) electrons. The fourth-order valence-corrected chi connectivity index (χ4v) is 2.57. The van der Waals surface area contributed by atoms with Crippen LogP contribution >= 0.6 is 0 Å². The average molecular weight is 233 g/mol. The number of carbonyl (C=O) groups is 1. The molecule has 1 unspecified atom stereocenters. The first kappa shape index (κ1) is 12.1. The second-order valence-electron chi connectivity index (χ2n) is 5.16. The minimum absolute atomic E-state index is 0.0801. The third kappa shape index (κ3) is 2.20. The van der Waals surface area contributed by atoms with Crippen molar-refractivity contribution in [1.82, 2.24) is 5.32 Å². The third-order valence-electron chi connectivity index (χ3n) is 4.13. The van der Waals surface area contributed by atoms with Gasteiger partial charge in [-0.05, 0) is 48.5 Å². The van der Waals surface area contributed by atoms with E-state index in [1.54, 1.807) is 6.07 Å². The standard InChI is InChI=1S/C14H19NO2/c1-10-9-15-7-6-14(10,2)12-5-3-4-11(8-12)13(16)17/h3-5,8,10,15H,6-7,9H2,1-2H3,(H,16,17)/t10?,14-/m1/s1. The normalized spacial score (nSPS) is 28.9. The van der Waals surface area contributed by atoms with Crippen molar-refractivity contribution in [2.24, 2.45) is 5.92 Å². The molecule has 2 N–H and O–H groups in total. The Hall–Kier alpha value is -1.35. The molecule has 1 aliphatic rings. The van der Waals surface area contributed by atoms with Crippen LogP contribution in [-0.2, 0) is 5.41 Å². The van der Waals surface area contributed by atoms with Gasteiger partial charge < -0.3 is 10.4 Å². The van der Waals surface area contributed by atoms with Crippen LogP contribution in [0.5, 0.6) is 0 Å². The van der Waals surface area contributed by atoms with Crippen LogP contribution in [-0.4, -0.2) is 24.2 Å². The number of nitrogens with one attached hydrogen (secondary N) is 1. The smallest absolute Gasteiger partial charge is 0.335 e. The van der Waals surface area contributed by atoms with Crippen LogP contribution in [0.2, 0.25) is 0 Å². The first-order valence-corrected chi connectivity index (χ1v) is 6.08. The number of rotatable bonds is 2. The van der Waals surface area contributed by atoms with E-state index in [1.807, 2.05) is 18.2 Å². The maximum absolute atomic E-state index is 11.0. The maximum Gasteiger partial charge on any atom is 0.335 e. The molecule has 1 aromatic rings. The predicted molar refractivity (Wildman–Crippen MR) is 67.4 cm³/mol. The molecule has 1 fully saturated rings. The summed E-state index contributed by atoms with van der Waals surface area (Å²) in [7, 11) is 0. The molecule has 0 amide bonds. The van der Waals surface area contributed by atoms with E-state index in [9.17, 15) is 4.79 Å². The van der Waals surface area contributed by atoms with Gasteiger partial charge in [-0.25, -0.2) is 4.79 Å². The molecule has 1 aliphatic heterocycles. The number of hydrogen-bond donors (Lipinski definition) is 2.